The molecule has 2 aromatic heterocycles. The van der Waals surface area contributed by atoms with Crippen LogP contribution in [-0.2, 0) is 0 Å². The summed E-state index contributed by atoms with van der Waals surface area (Å²) in [5, 5.41) is 3.17. The number of nitrogens with two attached hydrogens (primary N) is 2. The second-order valence-electron chi connectivity index (χ2n) is 6.61. The molecule has 0 bridgehead atoms. The lowest BCUT2D eigenvalue weighted by Gasteiger charge is -2.10. The van der Waals surface area contributed by atoms with E-state index in [4.69, 9.17) is 16.2 Å². The molecule has 0 amide bonds. The fraction of sp³-hybridized carbons (Fsp3) is 0.300. The molecular weight excluding hydrogens is 373 g/mol. The number of hydrogen-bond acceptors (Lipinski definition) is 8. The summed E-state index contributed by atoms with van der Waals surface area (Å²) in [5.41, 5.74) is 12.8. The smallest absolute Gasteiger partial charge is 0.219 e. The summed E-state index contributed by atoms with van der Waals surface area (Å²) in [4.78, 5) is 16.8. The van der Waals surface area contributed by atoms with E-state index in [0.717, 1.165) is 17.7 Å². The van der Waals surface area contributed by atoms with E-state index in [1.165, 1.54) is 24.7 Å². The number of rotatable bonds is 9. The Bertz CT molecular complexity index is 912. The predicted molar refractivity (Wildman–Crippen MR) is 111 cm³/mol. The number of nitrogens with one attached hydrogen (secondary N) is 1. The molecule has 0 radical (unpaired) electrons. The Morgan fingerprint density at radius 2 is 2.24 bits per heavy atom. The van der Waals surface area contributed by atoms with E-state index < -0.39 is 0 Å². The second kappa shape index (κ2) is 9.63. The second-order valence-corrected chi connectivity index (χ2v) is 6.61. The minimum absolute atomic E-state index is 0.282. The van der Waals surface area contributed by atoms with Gasteiger partial charge in [-0.2, -0.15) is 4.98 Å². The highest BCUT2D eigenvalue weighted by molar-refractivity contribution is 5.79. The molecular formula is C20H24FN7O. The van der Waals surface area contributed by atoms with Gasteiger partial charge in [-0.1, -0.05) is 0 Å². The predicted octanol–water partition coefficient (Wildman–Crippen LogP) is 2.08. The van der Waals surface area contributed by atoms with Gasteiger partial charge >= 0.3 is 0 Å². The lowest BCUT2D eigenvalue weighted by molar-refractivity contribution is 0.285. The highest BCUT2D eigenvalue weighted by Crippen LogP contribution is 2.46. The van der Waals surface area contributed by atoms with E-state index in [1.54, 1.807) is 31.5 Å². The van der Waals surface area contributed by atoms with E-state index in [9.17, 15) is 4.39 Å². The van der Waals surface area contributed by atoms with Crippen molar-refractivity contribution in [2.75, 3.05) is 25.5 Å². The number of hydrogen-bond donors (Lipinski definition) is 3. The molecule has 1 aliphatic carbocycles. The third-order valence-electron chi connectivity index (χ3n) is 4.45. The summed E-state index contributed by atoms with van der Waals surface area (Å²) < 4.78 is 18.9. The number of ether oxygens (including phenoxy) is 1. The average Bonchev–Trinajstić information content (AvgIpc) is 3.50. The molecule has 29 heavy (non-hydrogen) atoms. The van der Waals surface area contributed by atoms with Gasteiger partial charge in [0.2, 0.25) is 5.88 Å². The maximum Gasteiger partial charge on any atom is 0.219 e. The van der Waals surface area contributed by atoms with Crippen LogP contribution in [0.15, 0.2) is 47.4 Å². The highest BCUT2D eigenvalue weighted by Gasteiger charge is 2.40. The Morgan fingerprint density at radius 3 is 2.93 bits per heavy atom. The first-order valence-corrected chi connectivity index (χ1v) is 9.21. The van der Waals surface area contributed by atoms with Gasteiger partial charge in [-0.3, -0.25) is 9.98 Å². The maximum atomic E-state index is 13.0. The van der Waals surface area contributed by atoms with Crippen molar-refractivity contribution in [1.82, 2.24) is 15.0 Å². The van der Waals surface area contributed by atoms with Crippen LogP contribution in [0.1, 0.15) is 23.9 Å². The normalized spacial score (nSPS) is 19.0. The first kappa shape index (κ1) is 20.2. The van der Waals surface area contributed by atoms with Gasteiger partial charge < -0.3 is 21.5 Å². The molecule has 1 fully saturated rings. The summed E-state index contributed by atoms with van der Waals surface area (Å²) in [6.45, 7) is 0.944. The molecule has 0 saturated heterocycles. The molecule has 0 aromatic carbocycles. The molecule has 9 heteroatoms. The lowest BCUT2D eigenvalue weighted by Crippen LogP contribution is -2.11. The number of anilines is 1. The van der Waals surface area contributed by atoms with Crippen LogP contribution in [0.5, 0.6) is 5.88 Å². The van der Waals surface area contributed by atoms with Crippen molar-refractivity contribution < 1.29 is 9.13 Å². The number of nitrogens with zero attached hydrogens (tertiary/aromatic N) is 4. The van der Waals surface area contributed by atoms with Crippen LogP contribution in [0.4, 0.5) is 10.2 Å². The molecule has 152 valence electrons. The van der Waals surface area contributed by atoms with Gasteiger partial charge in [0.15, 0.2) is 5.82 Å². The van der Waals surface area contributed by atoms with Crippen LogP contribution in [0.25, 0.3) is 6.08 Å². The van der Waals surface area contributed by atoms with Gasteiger partial charge in [0, 0.05) is 55.2 Å². The number of halogens is 1. The topological polar surface area (TPSA) is 124 Å². The van der Waals surface area contributed by atoms with Gasteiger partial charge in [0.05, 0.1) is 12.8 Å². The van der Waals surface area contributed by atoms with Crippen molar-refractivity contribution in [2.45, 2.75) is 12.3 Å². The van der Waals surface area contributed by atoms with E-state index >= 15 is 0 Å². The quantitative estimate of drug-likeness (QED) is 0.553. The van der Waals surface area contributed by atoms with Gasteiger partial charge in [0.25, 0.3) is 0 Å². The fourth-order valence-electron chi connectivity index (χ4n) is 2.87. The third-order valence-corrected chi connectivity index (χ3v) is 4.45. The molecule has 8 nitrogen and oxygen atoms in total. The van der Waals surface area contributed by atoms with Gasteiger partial charge in [-0.25, -0.2) is 9.37 Å². The molecule has 1 saturated carbocycles. The van der Waals surface area contributed by atoms with Crippen LogP contribution >= 0.6 is 0 Å². The molecule has 0 unspecified atom stereocenters. The van der Waals surface area contributed by atoms with Crippen molar-refractivity contribution >= 4 is 18.1 Å². The first-order valence-electron chi connectivity index (χ1n) is 9.21. The highest BCUT2D eigenvalue weighted by atomic mass is 19.1. The number of aliphatic imine (C=N–C) groups is 1. The minimum Gasteiger partial charge on any atom is -0.477 e. The average molecular weight is 397 g/mol. The molecule has 2 aromatic rings. The molecule has 2 heterocycles. The Labute approximate surface area is 168 Å². The van der Waals surface area contributed by atoms with E-state index in [0.29, 0.717) is 36.6 Å². The monoisotopic (exact) mass is 397 g/mol. The van der Waals surface area contributed by atoms with Crippen molar-refractivity contribution in [3.63, 3.8) is 0 Å². The van der Waals surface area contributed by atoms with Crippen LogP contribution in [0.3, 0.4) is 0 Å². The Hall–Kier alpha value is -3.49. The zero-order chi connectivity index (χ0) is 20.6. The summed E-state index contributed by atoms with van der Waals surface area (Å²) in [7, 11) is 1.68. The Balaban J connectivity index is 1.62. The first-order chi connectivity index (χ1) is 14.1. The minimum atomic E-state index is -0.332. The lowest BCUT2D eigenvalue weighted by atomic mass is 10.2. The summed E-state index contributed by atoms with van der Waals surface area (Å²) in [6, 6.07) is 4.87. The van der Waals surface area contributed by atoms with Crippen LogP contribution in [0, 0.1) is 11.7 Å². The van der Waals surface area contributed by atoms with Crippen LogP contribution in [0.2, 0.25) is 0 Å². The number of pyridine rings is 1. The van der Waals surface area contributed by atoms with E-state index in [1.807, 2.05) is 0 Å². The third kappa shape index (κ3) is 5.74. The molecule has 1 aliphatic rings. The summed E-state index contributed by atoms with van der Waals surface area (Å²) >= 11 is 0. The molecule has 3 rings (SSSR count). The van der Waals surface area contributed by atoms with Crippen LogP contribution in [-0.4, -0.2) is 41.4 Å². The zero-order valence-corrected chi connectivity index (χ0v) is 16.1. The van der Waals surface area contributed by atoms with Crippen molar-refractivity contribution in [2.24, 2.45) is 22.4 Å². The molecule has 0 spiro atoms. The molecule has 0 aliphatic heterocycles. The van der Waals surface area contributed by atoms with E-state index in [-0.39, 0.29) is 11.7 Å². The molecule has 5 N–H and O–H groups in total. The van der Waals surface area contributed by atoms with E-state index in [2.05, 4.69) is 25.3 Å². The van der Waals surface area contributed by atoms with Crippen molar-refractivity contribution in [3.05, 3.63) is 59.7 Å². The standard InChI is InChI=1S/C20H24FN7O/c1-24-9-13(8-23)10-26-19-7-20(28-18(27-19)4-5-22)29-12-14-6-16(14)17-3-2-15(21)11-25-17/h2-5,7-9,11,14,16H,6,10,12,22-23H2,1H3,(H,26,27,28)/t14-,16+/m1/s1. The van der Waals surface area contributed by atoms with Gasteiger partial charge in [0.1, 0.15) is 11.6 Å². The fourth-order valence-corrected chi connectivity index (χ4v) is 2.87. The van der Waals surface area contributed by atoms with Crippen molar-refractivity contribution in [1.29, 1.82) is 0 Å². The van der Waals surface area contributed by atoms with Gasteiger partial charge in [-0.05, 0) is 30.8 Å². The summed E-state index contributed by atoms with van der Waals surface area (Å²) in [5.74, 6) is 1.73. The molecule has 2 atom stereocenters. The van der Waals surface area contributed by atoms with Crippen molar-refractivity contribution in [3.8, 4) is 5.88 Å². The Morgan fingerprint density at radius 1 is 1.38 bits per heavy atom. The number of aromatic nitrogens is 3. The SMILES string of the molecule is CN=CC(=CN)CNc1cc(OC[C@H]2C[C@@H]2c2ccc(F)cn2)nc(C=CN)n1. The summed E-state index contributed by atoms with van der Waals surface area (Å²) in [6.07, 6.45) is 8.31. The zero-order valence-electron chi connectivity index (χ0n) is 16.1. The van der Waals surface area contributed by atoms with Crippen LogP contribution < -0.4 is 21.5 Å². The maximum absolute atomic E-state index is 13.0. The Kier molecular flexibility index (Phi) is 6.72. The van der Waals surface area contributed by atoms with Gasteiger partial charge in [-0.15, -0.1) is 0 Å². The largest absolute Gasteiger partial charge is 0.477 e.